The van der Waals surface area contributed by atoms with Gasteiger partial charge in [-0.05, 0) is 63.5 Å². The topological polar surface area (TPSA) is 57.7 Å². The predicted octanol–water partition coefficient (Wildman–Crippen LogP) is 3.02. The summed E-state index contributed by atoms with van der Waals surface area (Å²) in [7, 11) is -3.67. The van der Waals surface area contributed by atoms with Gasteiger partial charge in [-0.15, -0.1) is 0 Å². The summed E-state index contributed by atoms with van der Waals surface area (Å²) in [6.45, 7) is 9.76. The van der Waals surface area contributed by atoms with Crippen molar-refractivity contribution < 1.29 is 13.2 Å². The lowest BCUT2D eigenvalue weighted by atomic mass is 9.98. The third kappa shape index (κ3) is 3.54. The minimum absolute atomic E-state index is 0.0135. The molecule has 5 nitrogen and oxygen atoms in total. The number of aryl methyl sites for hydroxylation is 3. The monoisotopic (exact) mass is 378 g/mol. The molecule has 1 aromatic rings. The largest absolute Gasteiger partial charge is 0.341 e. The van der Waals surface area contributed by atoms with Crippen LogP contribution in [-0.2, 0) is 14.8 Å². The Labute approximate surface area is 157 Å². The molecule has 0 aromatic heterocycles. The fourth-order valence-corrected chi connectivity index (χ4v) is 6.47. The molecule has 144 valence electrons. The molecule has 2 fully saturated rings. The standard InChI is InChI=1S/C20H30N2O3S/c1-14-7-10-21(11-8-14)20(23)18-6-5-9-22(18)26(24,25)19-16(3)12-15(2)13-17(19)4/h12-14,18H,5-11H2,1-4H3. The average molecular weight is 379 g/mol. The number of sulfonamides is 1. The fraction of sp³-hybridized carbons (Fsp3) is 0.650. The zero-order valence-corrected chi connectivity index (χ0v) is 17.1. The van der Waals surface area contributed by atoms with E-state index in [1.54, 1.807) is 0 Å². The van der Waals surface area contributed by atoms with Crippen LogP contribution in [0.4, 0.5) is 0 Å². The normalized spacial score (nSPS) is 22.8. The molecule has 0 bridgehead atoms. The number of hydrogen-bond donors (Lipinski definition) is 0. The lowest BCUT2D eigenvalue weighted by Gasteiger charge is -2.34. The van der Waals surface area contributed by atoms with Gasteiger partial charge in [0, 0.05) is 19.6 Å². The number of benzene rings is 1. The number of carbonyl (C=O) groups excluding carboxylic acids is 1. The van der Waals surface area contributed by atoms with Crippen LogP contribution in [0.15, 0.2) is 17.0 Å². The molecule has 2 heterocycles. The fourth-order valence-electron chi connectivity index (χ4n) is 4.41. The Morgan fingerprint density at radius 3 is 2.15 bits per heavy atom. The summed E-state index contributed by atoms with van der Waals surface area (Å²) in [5.74, 6) is 0.626. The van der Waals surface area contributed by atoms with Gasteiger partial charge in [0.15, 0.2) is 0 Å². The molecular formula is C20H30N2O3S. The molecule has 0 saturated carbocycles. The van der Waals surface area contributed by atoms with Gasteiger partial charge in [-0.2, -0.15) is 4.31 Å². The number of carbonyl (C=O) groups is 1. The van der Waals surface area contributed by atoms with Gasteiger partial charge in [-0.3, -0.25) is 4.79 Å². The molecule has 2 aliphatic rings. The van der Waals surface area contributed by atoms with Gasteiger partial charge >= 0.3 is 0 Å². The summed E-state index contributed by atoms with van der Waals surface area (Å²) in [4.78, 5) is 15.3. The lowest BCUT2D eigenvalue weighted by Crippen LogP contribution is -2.49. The molecule has 0 radical (unpaired) electrons. The van der Waals surface area contributed by atoms with E-state index in [1.165, 1.54) is 4.31 Å². The molecule has 2 aliphatic heterocycles. The third-order valence-corrected chi connectivity index (χ3v) is 7.97. The highest BCUT2D eigenvalue weighted by molar-refractivity contribution is 7.89. The zero-order chi connectivity index (χ0) is 19.1. The van der Waals surface area contributed by atoms with E-state index in [-0.39, 0.29) is 5.91 Å². The van der Waals surface area contributed by atoms with Crippen molar-refractivity contribution in [1.29, 1.82) is 0 Å². The van der Waals surface area contributed by atoms with Crippen molar-refractivity contribution >= 4 is 15.9 Å². The second-order valence-corrected chi connectivity index (χ2v) is 9.84. The number of piperidine rings is 1. The number of rotatable bonds is 3. The van der Waals surface area contributed by atoms with Crippen LogP contribution in [0.5, 0.6) is 0 Å². The SMILES string of the molecule is Cc1cc(C)c(S(=O)(=O)N2CCCC2C(=O)N2CCC(C)CC2)c(C)c1. The Morgan fingerprint density at radius 2 is 1.58 bits per heavy atom. The maximum absolute atomic E-state index is 13.4. The Hall–Kier alpha value is -1.40. The van der Waals surface area contributed by atoms with E-state index < -0.39 is 16.1 Å². The van der Waals surface area contributed by atoms with Crippen LogP contribution in [-0.4, -0.2) is 49.2 Å². The van der Waals surface area contributed by atoms with Gasteiger partial charge in [0.2, 0.25) is 15.9 Å². The summed E-state index contributed by atoms with van der Waals surface area (Å²) in [6, 6.07) is 3.26. The second kappa shape index (κ2) is 7.31. The Balaban J connectivity index is 1.89. The second-order valence-electron chi connectivity index (χ2n) is 8.01. The van der Waals surface area contributed by atoms with Gasteiger partial charge in [0.05, 0.1) is 4.90 Å². The summed E-state index contributed by atoms with van der Waals surface area (Å²) < 4.78 is 28.2. The number of hydrogen-bond acceptors (Lipinski definition) is 3. The zero-order valence-electron chi connectivity index (χ0n) is 16.3. The van der Waals surface area contributed by atoms with Crippen molar-refractivity contribution in [3.63, 3.8) is 0 Å². The van der Waals surface area contributed by atoms with Gasteiger partial charge in [0.25, 0.3) is 0 Å². The van der Waals surface area contributed by atoms with Crippen molar-refractivity contribution in [2.24, 2.45) is 5.92 Å². The molecule has 3 rings (SSSR count). The number of nitrogens with zero attached hydrogens (tertiary/aromatic N) is 2. The molecule has 1 amide bonds. The van der Waals surface area contributed by atoms with E-state index in [9.17, 15) is 13.2 Å². The van der Waals surface area contributed by atoms with Crippen LogP contribution in [0.2, 0.25) is 0 Å². The smallest absolute Gasteiger partial charge is 0.244 e. The summed E-state index contributed by atoms with van der Waals surface area (Å²) in [6.07, 6.45) is 3.36. The number of amides is 1. The maximum atomic E-state index is 13.4. The van der Waals surface area contributed by atoms with Crippen molar-refractivity contribution in [2.45, 2.75) is 64.3 Å². The average Bonchev–Trinajstić information content (AvgIpc) is 3.04. The van der Waals surface area contributed by atoms with Crippen LogP contribution >= 0.6 is 0 Å². The van der Waals surface area contributed by atoms with E-state index in [0.717, 1.165) is 49.0 Å². The van der Waals surface area contributed by atoms with Gasteiger partial charge < -0.3 is 4.90 Å². The van der Waals surface area contributed by atoms with E-state index in [1.807, 2.05) is 37.8 Å². The number of likely N-dealkylation sites (tertiary alicyclic amines) is 1. The van der Waals surface area contributed by atoms with Gasteiger partial charge in [-0.1, -0.05) is 24.6 Å². The first-order chi connectivity index (χ1) is 12.2. The summed E-state index contributed by atoms with van der Waals surface area (Å²) in [5, 5.41) is 0. The molecule has 0 N–H and O–H groups in total. The first-order valence-corrected chi connectivity index (χ1v) is 11.0. The van der Waals surface area contributed by atoms with Crippen LogP contribution < -0.4 is 0 Å². The summed E-state index contributed by atoms with van der Waals surface area (Å²) in [5.41, 5.74) is 2.57. The minimum atomic E-state index is -3.67. The van der Waals surface area contributed by atoms with E-state index in [4.69, 9.17) is 0 Å². The van der Waals surface area contributed by atoms with Crippen molar-refractivity contribution in [2.75, 3.05) is 19.6 Å². The van der Waals surface area contributed by atoms with Crippen LogP contribution in [0.3, 0.4) is 0 Å². The minimum Gasteiger partial charge on any atom is -0.341 e. The molecule has 1 atom stereocenters. The highest BCUT2D eigenvalue weighted by atomic mass is 32.2. The van der Waals surface area contributed by atoms with Crippen molar-refractivity contribution in [3.05, 3.63) is 28.8 Å². The highest BCUT2D eigenvalue weighted by Crippen LogP contribution is 2.32. The van der Waals surface area contributed by atoms with E-state index in [2.05, 4.69) is 6.92 Å². The predicted molar refractivity (Wildman–Crippen MR) is 103 cm³/mol. The Morgan fingerprint density at radius 1 is 1.00 bits per heavy atom. The molecule has 1 unspecified atom stereocenters. The highest BCUT2D eigenvalue weighted by Gasteiger charge is 2.42. The van der Waals surface area contributed by atoms with Gasteiger partial charge in [0.1, 0.15) is 6.04 Å². The third-order valence-electron chi connectivity index (χ3n) is 5.76. The molecule has 2 saturated heterocycles. The Kier molecular flexibility index (Phi) is 5.45. The molecule has 0 spiro atoms. The molecule has 26 heavy (non-hydrogen) atoms. The van der Waals surface area contributed by atoms with E-state index in [0.29, 0.717) is 23.8 Å². The molecular weight excluding hydrogens is 348 g/mol. The van der Waals surface area contributed by atoms with E-state index >= 15 is 0 Å². The maximum Gasteiger partial charge on any atom is 0.244 e. The van der Waals surface area contributed by atoms with Crippen LogP contribution in [0, 0.1) is 26.7 Å². The van der Waals surface area contributed by atoms with Crippen molar-refractivity contribution in [1.82, 2.24) is 9.21 Å². The van der Waals surface area contributed by atoms with Crippen molar-refractivity contribution in [3.8, 4) is 0 Å². The molecule has 1 aromatic carbocycles. The Bertz CT molecular complexity index is 772. The van der Waals surface area contributed by atoms with Gasteiger partial charge in [-0.25, -0.2) is 8.42 Å². The quantitative estimate of drug-likeness (QED) is 0.812. The van der Waals surface area contributed by atoms with Crippen LogP contribution in [0.25, 0.3) is 0 Å². The first-order valence-electron chi connectivity index (χ1n) is 9.60. The van der Waals surface area contributed by atoms with Crippen LogP contribution in [0.1, 0.15) is 49.3 Å². The first kappa shape index (κ1) is 19.4. The summed E-state index contributed by atoms with van der Waals surface area (Å²) >= 11 is 0. The molecule has 6 heteroatoms. The molecule has 0 aliphatic carbocycles. The lowest BCUT2D eigenvalue weighted by molar-refractivity contribution is -0.135.